The molecule has 4 nitrogen and oxygen atoms in total. The highest BCUT2D eigenvalue weighted by Crippen LogP contribution is 2.15. The van der Waals surface area contributed by atoms with Crippen LogP contribution in [0.5, 0.6) is 0 Å². The summed E-state index contributed by atoms with van der Waals surface area (Å²) < 4.78 is 0. The van der Waals surface area contributed by atoms with Crippen molar-refractivity contribution >= 4 is 22.9 Å². The molecule has 0 saturated carbocycles. The fourth-order valence-corrected chi connectivity index (χ4v) is 3.09. The number of nitrogens with one attached hydrogen (secondary N) is 2. The first kappa shape index (κ1) is 22.5. The van der Waals surface area contributed by atoms with Gasteiger partial charge in [-0.15, -0.1) is 0 Å². The van der Waals surface area contributed by atoms with Crippen LogP contribution in [0.3, 0.4) is 0 Å². The van der Waals surface area contributed by atoms with Crippen molar-refractivity contribution in [2.24, 2.45) is 0 Å². The van der Waals surface area contributed by atoms with Gasteiger partial charge in [-0.3, -0.25) is 9.59 Å². The number of ketones is 2. The Morgan fingerprint density at radius 2 is 0.719 bits per heavy atom. The average Bonchev–Trinajstić information content (AvgIpc) is 2.89. The molecule has 0 amide bonds. The van der Waals surface area contributed by atoms with E-state index in [0.29, 0.717) is 11.1 Å². The van der Waals surface area contributed by atoms with E-state index in [0.717, 1.165) is 22.5 Å². The Bertz CT molecular complexity index is 1050. The summed E-state index contributed by atoms with van der Waals surface area (Å²) in [5.74, 6) is 0.117. The van der Waals surface area contributed by atoms with E-state index in [4.69, 9.17) is 0 Å². The van der Waals surface area contributed by atoms with E-state index in [-0.39, 0.29) is 11.6 Å². The largest absolute Gasteiger partial charge is 0.388 e. The normalized spacial score (nSPS) is 9.81. The summed E-state index contributed by atoms with van der Waals surface area (Å²) in [7, 11) is 3.71. The maximum absolute atomic E-state index is 12.2. The topological polar surface area (TPSA) is 58.2 Å². The Morgan fingerprint density at radius 1 is 0.438 bits per heavy atom. The SMILES string of the molecule is CNc1ccc(C(=O)c2ccc(NC)cc2)cc1.O=C(c1ccccc1)c1ccccc1. The minimum absolute atomic E-state index is 0.0420. The first-order valence-corrected chi connectivity index (χ1v) is 10.4. The van der Waals surface area contributed by atoms with Gasteiger partial charge in [0.2, 0.25) is 0 Å². The van der Waals surface area contributed by atoms with Crippen LogP contribution in [0.2, 0.25) is 0 Å². The predicted molar refractivity (Wildman–Crippen MR) is 132 cm³/mol. The van der Waals surface area contributed by atoms with Gasteiger partial charge in [-0.25, -0.2) is 0 Å². The maximum Gasteiger partial charge on any atom is 0.193 e. The average molecular weight is 423 g/mol. The van der Waals surface area contributed by atoms with E-state index < -0.39 is 0 Å². The van der Waals surface area contributed by atoms with Crippen LogP contribution >= 0.6 is 0 Å². The van der Waals surface area contributed by atoms with Crippen molar-refractivity contribution in [1.82, 2.24) is 0 Å². The molecule has 0 bridgehead atoms. The summed E-state index contributed by atoms with van der Waals surface area (Å²) in [5, 5.41) is 6.06. The number of carbonyl (C=O) groups is 2. The van der Waals surface area contributed by atoms with Crippen LogP contribution in [0.4, 0.5) is 11.4 Å². The lowest BCUT2D eigenvalue weighted by Gasteiger charge is -2.05. The van der Waals surface area contributed by atoms with Crippen LogP contribution in [0, 0.1) is 0 Å². The fourth-order valence-electron chi connectivity index (χ4n) is 3.09. The minimum Gasteiger partial charge on any atom is -0.388 e. The molecule has 0 saturated heterocycles. The number of hydrogen-bond acceptors (Lipinski definition) is 4. The highest BCUT2D eigenvalue weighted by molar-refractivity contribution is 6.09. The second-order valence-corrected chi connectivity index (χ2v) is 7.04. The smallest absolute Gasteiger partial charge is 0.193 e. The van der Waals surface area contributed by atoms with Crippen molar-refractivity contribution in [3.8, 4) is 0 Å². The third-order valence-electron chi connectivity index (χ3n) is 4.94. The van der Waals surface area contributed by atoms with Crippen molar-refractivity contribution in [2.45, 2.75) is 0 Å². The molecule has 2 N–H and O–H groups in total. The summed E-state index contributed by atoms with van der Waals surface area (Å²) in [6.45, 7) is 0. The molecule has 0 aromatic heterocycles. The van der Waals surface area contributed by atoms with E-state index in [1.165, 1.54) is 0 Å². The Balaban J connectivity index is 0.000000186. The highest BCUT2D eigenvalue weighted by Gasteiger charge is 2.08. The molecule has 0 fully saturated rings. The summed E-state index contributed by atoms with van der Waals surface area (Å²) in [6.07, 6.45) is 0. The Hall–Kier alpha value is -4.18. The molecule has 0 radical (unpaired) electrons. The van der Waals surface area contributed by atoms with Crippen LogP contribution < -0.4 is 10.6 Å². The molecule has 0 aliphatic heterocycles. The van der Waals surface area contributed by atoms with E-state index in [2.05, 4.69) is 10.6 Å². The second-order valence-electron chi connectivity index (χ2n) is 7.04. The zero-order valence-electron chi connectivity index (χ0n) is 18.2. The standard InChI is InChI=1S/C15H16N2O.C13H10O/c1-16-13-7-3-11(4-8-13)15(18)12-5-9-14(17-2)10-6-12;14-13(11-7-3-1-4-8-11)12-9-5-2-6-10-12/h3-10,16-17H,1-2H3;1-10H. The van der Waals surface area contributed by atoms with Gasteiger partial charge in [0.15, 0.2) is 11.6 Å². The molecule has 160 valence electrons. The van der Waals surface area contributed by atoms with Crippen molar-refractivity contribution < 1.29 is 9.59 Å². The van der Waals surface area contributed by atoms with E-state index in [9.17, 15) is 9.59 Å². The van der Waals surface area contributed by atoms with Crippen molar-refractivity contribution in [3.63, 3.8) is 0 Å². The Labute approximate surface area is 188 Å². The molecule has 0 aliphatic carbocycles. The molecule has 0 atom stereocenters. The molecule has 0 unspecified atom stereocenters. The van der Waals surface area contributed by atoms with Gasteiger partial charge >= 0.3 is 0 Å². The zero-order chi connectivity index (χ0) is 22.8. The Kier molecular flexibility index (Phi) is 7.93. The van der Waals surface area contributed by atoms with Gasteiger partial charge in [-0.2, -0.15) is 0 Å². The van der Waals surface area contributed by atoms with Gasteiger partial charge in [0.05, 0.1) is 0 Å². The molecule has 4 heteroatoms. The number of hydrogen-bond donors (Lipinski definition) is 2. The van der Waals surface area contributed by atoms with Crippen LogP contribution in [0.15, 0.2) is 109 Å². The minimum atomic E-state index is 0.0420. The molecular formula is C28H26N2O2. The fraction of sp³-hybridized carbons (Fsp3) is 0.0714. The number of rotatable bonds is 6. The van der Waals surface area contributed by atoms with Gasteiger partial charge in [0.25, 0.3) is 0 Å². The van der Waals surface area contributed by atoms with E-state index in [1.807, 2.05) is 123 Å². The van der Waals surface area contributed by atoms with E-state index in [1.54, 1.807) is 0 Å². The molecule has 4 aromatic rings. The van der Waals surface area contributed by atoms with Crippen LogP contribution in [0.1, 0.15) is 31.8 Å². The predicted octanol–water partition coefficient (Wildman–Crippen LogP) is 5.92. The Morgan fingerprint density at radius 3 is 1.00 bits per heavy atom. The van der Waals surface area contributed by atoms with Gasteiger partial charge in [-0.1, -0.05) is 60.7 Å². The van der Waals surface area contributed by atoms with Crippen LogP contribution in [-0.4, -0.2) is 25.7 Å². The lowest BCUT2D eigenvalue weighted by atomic mass is 10.0. The number of benzene rings is 4. The first-order chi connectivity index (χ1) is 15.6. The van der Waals surface area contributed by atoms with Crippen LogP contribution in [0.25, 0.3) is 0 Å². The van der Waals surface area contributed by atoms with Gasteiger partial charge in [0, 0.05) is 47.7 Å². The summed E-state index contributed by atoms with van der Waals surface area (Å²) in [4.78, 5) is 24.1. The molecular weight excluding hydrogens is 396 g/mol. The van der Waals surface area contributed by atoms with E-state index >= 15 is 0 Å². The number of carbonyl (C=O) groups excluding carboxylic acids is 2. The van der Waals surface area contributed by atoms with Crippen molar-refractivity contribution in [2.75, 3.05) is 24.7 Å². The lowest BCUT2D eigenvalue weighted by molar-refractivity contribution is 0.103. The second kappa shape index (κ2) is 11.3. The summed E-state index contributed by atoms with van der Waals surface area (Å²) in [6, 6.07) is 33.5. The maximum atomic E-state index is 12.2. The highest BCUT2D eigenvalue weighted by atomic mass is 16.1. The monoisotopic (exact) mass is 422 g/mol. The molecule has 0 aliphatic rings. The number of anilines is 2. The summed E-state index contributed by atoms with van der Waals surface area (Å²) >= 11 is 0. The summed E-state index contributed by atoms with van der Waals surface area (Å²) in [5.41, 5.74) is 4.86. The van der Waals surface area contributed by atoms with Gasteiger partial charge in [0.1, 0.15) is 0 Å². The zero-order valence-corrected chi connectivity index (χ0v) is 18.2. The quantitative estimate of drug-likeness (QED) is 0.379. The molecule has 0 spiro atoms. The third-order valence-corrected chi connectivity index (χ3v) is 4.94. The molecule has 4 rings (SSSR count). The van der Waals surface area contributed by atoms with Crippen LogP contribution in [-0.2, 0) is 0 Å². The van der Waals surface area contributed by atoms with Crippen molar-refractivity contribution in [3.05, 3.63) is 131 Å². The third kappa shape index (κ3) is 5.92. The van der Waals surface area contributed by atoms with Crippen molar-refractivity contribution in [1.29, 1.82) is 0 Å². The lowest BCUT2D eigenvalue weighted by Crippen LogP contribution is -2.01. The molecule has 32 heavy (non-hydrogen) atoms. The van der Waals surface area contributed by atoms with Gasteiger partial charge < -0.3 is 10.6 Å². The molecule has 4 aromatic carbocycles. The molecule has 0 heterocycles. The van der Waals surface area contributed by atoms with Gasteiger partial charge in [-0.05, 0) is 48.5 Å². The first-order valence-electron chi connectivity index (χ1n) is 10.4.